The number of carbonyl (C=O) groups is 1. The van der Waals surface area contributed by atoms with Gasteiger partial charge in [-0.2, -0.15) is 0 Å². The molecule has 0 aromatic heterocycles. The average molecular weight is 358 g/mol. The minimum atomic E-state index is 0.220. The summed E-state index contributed by atoms with van der Waals surface area (Å²) >= 11 is 0. The van der Waals surface area contributed by atoms with Crippen molar-refractivity contribution in [2.75, 3.05) is 6.61 Å². The molecule has 0 radical (unpaired) electrons. The van der Waals surface area contributed by atoms with Gasteiger partial charge in [0.25, 0.3) is 0 Å². The molecule has 0 aliphatic heterocycles. The Hall–Kier alpha value is -2.87. The smallest absolute Gasteiger partial charge is 0.141 e. The van der Waals surface area contributed by atoms with Gasteiger partial charge >= 0.3 is 0 Å². The van der Waals surface area contributed by atoms with Crippen LogP contribution >= 0.6 is 0 Å². The van der Waals surface area contributed by atoms with Gasteiger partial charge in [-0.3, -0.25) is 4.79 Å². The lowest BCUT2D eigenvalue weighted by Gasteiger charge is -2.08. The first-order chi connectivity index (χ1) is 13.2. The van der Waals surface area contributed by atoms with Crippen LogP contribution in [0.1, 0.15) is 28.7 Å². The van der Waals surface area contributed by atoms with E-state index < -0.39 is 0 Å². The largest absolute Gasteiger partial charge is 0.494 e. The third kappa shape index (κ3) is 6.41. The number of carbonyl (C=O) groups excluding carboxylic acids is 1. The number of ether oxygens (including phenoxy) is 1. The molecule has 138 valence electrons. The van der Waals surface area contributed by atoms with E-state index in [0.29, 0.717) is 19.4 Å². The average Bonchev–Trinajstić information content (AvgIpc) is 2.68. The molecule has 0 fully saturated rings. The van der Waals surface area contributed by atoms with E-state index in [-0.39, 0.29) is 5.78 Å². The second kappa shape index (κ2) is 9.72. The molecule has 2 heteroatoms. The molecular formula is C25H26O2. The number of ketones is 1. The maximum Gasteiger partial charge on any atom is 0.141 e. The second-order valence-corrected chi connectivity index (χ2v) is 6.96. The number of aryl methyl sites for hydroxylation is 2. The van der Waals surface area contributed by atoms with Gasteiger partial charge in [0.2, 0.25) is 0 Å². The molecule has 3 aromatic rings. The summed E-state index contributed by atoms with van der Waals surface area (Å²) in [4.78, 5) is 12.3. The first kappa shape index (κ1) is 18.9. The van der Waals surface area contributed by atoms with Gasteiger partial charge < -0.3 is 4.74 Å². The minimum Gasteiger partial charge on any atom is -0.494 e. The van der Waals surface area contributed by atoms with Crippen molar-refractivity contribution in [2.45, 2.75) is 32.6 Å². The van der Waals surface area contributed by atoms with Crippen molar-refractivity contribution in [1.82, 2.24) is 0 Å². The summed E-state index contributed by atoms with van der Waals surface area (Å²) in [6.07, 6.45) is 2.90. The zero-order valence-corrected chi connectivity index (χ0v) is 15.9. The Balaban J connectivity index is 1.45. The number of hydrogen-bond donors (Lipinski definition) is 0. The highest BCUT2D eigenvalue weighted by Gasteiger charge is 2.06. The fourth-order valence-corrected chi connectivity index (χ4v) is 3.08. The van der Waals surface area contributed by atoms with E-state index in [1.807, 2.05) is 54.6 Å². The number of rotatable bonds is 9. The molecule has 0 N–H and O–H groups in total. The van der Waals surface area contributed by atoms with E-state index in [9.17, 15) is 4.79 Å². The van der Waals surface area contributed by atoms with Gasteiger partial charge in [0.15, 0.2) is 0 Å². The highest BCUT2D eigenvalue weighted by atomic mass is 16.5. The third-order valence-corrected chi connectivity index (χ3v) is 4.54. The summed E-state index contributed by atoms with van der Waals surface area (Å²) in [5, 5.41) is 0. The molecule has 0 heterocycles. The minimum absolute atomic E-state index is 0.220. The molecular weight excluding hydrogens is 332 g/mol. The van der Waals surface area contributed by atoms with Crippen LogP contribution in [0, 0.1) is 6.92 Å². The van der Waals surface area contributed by atoms with Gasteiger partial charge in [0.05, 0.1) is 6.61 Å². The van der Waals surface area contributed by atoms with Crippen LogP contribution in [0.5, 0.6) is 5.75 Å². The van der Waals surface area contributed by atoms with E-state index >= 15 is 0 Å². The molecule has 0 amide bonds. The van der Waals surface area contributed by atoms with Gasteiger partial charge in [0, 0.05) is 12.8 Å². The van der Waals surface area contributed by atoms with Crippen LogP contribution in [0.4, 0.5) is 0 Å². The Labute approximate surface area is 161 Å². The monoisotopic (exact) mass is 358 g/mol. The molecule has 27 heavy (non-hydrogen) atoms. The fraction of sp³-hybridized carbons (Fsp3) is 0.240. The standard InChI is InChI=1S/C25H26O2/c1-20-12-14-21(15-13-20)10-6-16-27-25-11-5-9-23(19-25)18-24(26)17-22-7-3-2-4-8-22/h2-5,7-9,11-15,19H,6,10,16-18H2,1H3. The van der Waals surface area contributed by atoms with Gasteiger partial charge in [-0.25, -0.2) is 0 Å². The Bertz CT molecular complexity index is 851. The zero-order valence-electron chi connectivity index (χ0n) is 15.9. The van der Waals surface area contributed by atoms with E-state index in [0.717, 1.165) is 29.7 Å². The Morgan fingerprint density at radius 2 is 1.48 bits per heavy atom. The lowest BCUT2D eigenvalue weighted by Crippen LogP contribution is -2.07. The molecule has 3 rings (SSSR count). The van der Waals surface area contributed by atoms with Crippen LogP contribution in [0.2, 0.25) is 0 Å². The molecule has 0 spiro atoms. The Morgan fingerprint density at radius 3 is 2.26 bits per heavy atom. The van der Waals surface area contributed by atoms with Crippen LogP contribution in [-0.4, -0.2) is 12.4 Å². The Kier molecular flexibility index (Phi) is 6.81. The van der Waals surface area contributed by atoms with E-state index in [1.165, 1.54) is 11.1 Å². The SMILES string of the molecule is Cc1ccc(CCCOc2cccc(CC(=O)Cc3ccccc3)c2)cc1. The zero-order chi connectivity index (χ0) is 18.9. The van der Waals surface area contributed by atoms with Gasteiger partial charge in [-0.1, -0.05) is 72.3 Å². The molecule has 0 bridgehead atoms. The van der Waals surface area contributed by atoms with Crippen molar-refractivity contribution in [3.8, 4) is 5.75 Å². The number of benzene rings is 3. The highest BCUT2D eigenvalue weighted by Crippen LogP contribution is 2.16. The van der Waals surface area contributed by atoms with Crippen molar-refractivity contribution in [3.05, 3.63) is 101 Å². The van der Waals surface area contributed by atoms with Crippen molar-refractivity contribution in [2.24, 2.45) is 0 Å². The Morgan fingerprint density at radius 1 is 0.778 bits per heavy atom. The molecule has 3 aromatic carbocycles. The molecule has 0 aliphatic carbocycles. The predicted molar refractivity (Wildman–Crippen MR) is 110 cm³/mol. The molecule has 2 nitrogen and oxygen atoms in total. The van der Waals surface area contributed by atoms with E-state index in [2.05, 4.69) is 31.2 Å². The van der Waals surface area contributed by atoms with Gasteiger partial charge in [-0.05, 0) is 48.6 Å². The third-order valence-electron chi connectivity index (χ3n) is 4.54. The molecule has 0 aliphatic rings. The highest BCUT2D eigenvalue weighted by molar-refractivity contribution is 5.83. The summed E-state index contributed by atoms with van der Waals surface area (Å²) < 4.78 is 5.88. The molecule has 0 atom stereocenters. The maximum absolute atomic E-state index is 12.3. The first-order valence-electron chi connectivity index (χ1n) is 9.52. The van der Waals surface area contributed by atoms with Crippen LogP contribution in [-0.2, 0) is 24.1 Å². The molecule has 0 saturated heterocycles. The van der Waals surface area contributed by atoms with Gasteiger partial charge in [-0.15, -0.1) is 0 Å². The number of hydrogen-bond acceptors (Lipinski definition) is 2. The topological polar surface area (TPSA) is 26.3 Å². The fourth-order valence-electron chi connectivity index (χ4n) is 3.08. The van der Waals surface area contributed by atoms with E-state index in [4.69, 9.17) is 4.74 Å². The van der Waals surface area contributed by atoms with Crippen LogP contribution in [0.3, 0.4) is 0 Å². The quantitative estimate of drug-likeness (QED) is 0.481. The predicted octanol–water partition coefficient (Wildman–Crippen LogP) is 5.36. The lowest BCUT2D eigenvalue weighted by molar-refractivity contribution is -0.117. The second-order valence-electron chi connectivity index (χ2n) is 6.96. The first-order valence-corrected chi connectivity index (χ1v) is 9.52. The summed E-state index contributed by atoms with van der Waals surface area (Å²) in [6.45, 7) is 2.78. The lowest BCUT2D eigenvalue weighted by atomic mass is 10.0. The molecule has 0 unspecified atom stereocenters. The molecule has 0 saturated carbocycles. The number of Topliss-reactive ketones (excluding diaryl/α,β-unsaturated/α-hetero) is 1. The normalized spacial score (nSPS) is 10.6. The van der Waals surface area contributed by atoms with Crippen molar-refractivity contribution >= 4 is 5.78 Å². The van der Waals surface area contributed by atoms with Crippen molar-refractivity contribution in [1.29, 1.82) is 0 Å². The van der Waals surface area contributed by atoms with Gasteiger partial charge in [0.1, 0.15) is 11.5 Å². The summed E-state index contributed by atoms with van der Waals surface area (Å²) in [5.41, 5.74) is 4.69. The van der Waals surface area contributed by atoms with Crippen LogP contribution in [0.25, 0.3) is 0 Å². The van der Waals surface area contributed by atoms with Crippen LogP contribution < -0.4 is 4.74 Å². The van der Waals surface area contributed by atoms with E-state index in [1.54, 1.807) is 0 Å². The summed E-state index contributed by atoms with van der Waals surface area (Å²) in [7, 11) is 0. The summed E-state index contributed by atoms with van der Waals surface area (Å²) in [6, 6.07) is 26.4. The summed E-state index contributed by atoms with van der Waals surface area (Å²) in [5.74, 6) is 1.06. The van der Waals surface area contributed by atoms with Crippen molar-refractivity contribution in [3.63, 3.8) is 0 Å². The van der Waals surface area contributed by atoms with Crippen LogP contribution in [0.15, 0.2) is 78.9 Å². The maximum atomic E-state index is 12.3. The van der Waals surface area contributed by atoms with Crippen molar-refractivity contribution < 1.29 is 9.53 Å².